The lowest BCUT2D eigenvalue weighted by Crippen LogP contribution is -2.12. The SMILES string of the molecule is CCCOC(=O)c1ccc(N=C(NC#N)SC)cc1. The van der Waals surface area contributed by atoms with E-state index in [0.29, 0.717) is 23.0 Å². The van der Waals surface area contributed by atoms with Gasteiger partial charge in [0.15, 0.2) is 11.4 Å². The minimum absolute atomic E-state index is 0.336. The van der Waals surface area contributed by atoms with E-state index in [1.807, 2.05) is 19.4 Å². The zero-order chi connectivity index (χ0) is 14.1. The molecule has 100 valence electrons. The summed E-state index contributed by atoms with van der Waals surface area (Å²) in [6.45, 7) is 2.36. The second-order valence-electron chi connectivity index (χ2n) is 3.54. The third kappa shape index (κ3) is 5.02. The monoisotopic (exact) mass is 277 g/mol. The van der Waals surface area contributed by atoms with Crippen LogP contribution in [0, 0.1) is 11.5 Å². The Morgan fingerprint density at radius 1 is 1.47 bits per heavy atom. The minimum atomic E-state index is -0.336. The number of benzene rings is 1. The summed E-state index contributed by atoms with van der Waals surface area (Å²) in [5.41, 5.74) is 1.16. The number of nitrogens with one attached hydrogen (secondary N) is 1. The molecule has 0 saturated carbocycles. The molecular weight excluding hydrogens is 262 g/mol. The van der Waals surface area contributed by atoms with Crippen LogP contribution >= 0.6 is 11.8 Å². The molecule has 0 aliphatic carbocycles. The standard InChI is InChI=1S/C13H15N3O2S/c1-3-8-18-12(17)10-4-6-11(7-5-10)16-13(19-2)15-9-14/h4-7H,3,8H2,1-2H3,(H,15,16). The Bertz CT molecular complexity index is 492. The van der Waals surface area contributed by atoms with Crippen LogP contribution < -0.4 is 5.32 Å². The lowest BCUT2D eigenvalue weighted by Gasteiger charge is -2.03. The average molecular weight is 277 g/mol. The van der Waals surface area contributed by atoms with Gasteiger partial charge in [-0.2, -0.15) is 5.26 Å². The van der Waals surface area contributed by atoms with Gasteiger partial charge in [-0.05, 0) is 36.9 Å². The third-order valence-corrected chi connectivity index (χ3v) is 2.71. The van der Waals surface area contributed by atoms with Crippen molar-refractivity contribution in [1.29, 1.82) is 5.26 Å². The molecule has 19 heavy (non-hydrogen) atoms. The zero-order valence-corrected chi connectivity index (χ0v) is 11.7. The molecule has 5 nitrogen and oxygen atoms in total. The van der Waals surface area contributed by atoms with Crippen LogP contribution in [0.1, 0.15) is 23.7 Å². The summed E-state index contributed by atoms with van der Waals surface area (Å²) >= 11 is 1.34. The van der Waals surface area contributed by atoms with Crippen LogP contribution in [0.15, 0.2) is 29.3 Å². The largest absolute Gasteiger partial charge is 0.462 e. The summed E-state index contributed by atoms with van der Waals surface area (Å²) in [6, 6.07) is 6.72. The molecule has 0 aromatic heterocycles. The molecule has 0 radical (unpaired) electrons. The molecule has 0 heterocycles. The van der Waals surface area contributed by atoms with E-state index in [0.717, 1.165) is 6.42 Å². The van der Waals surface area contributed by atoms with E-state index >= 15 is 0 Å². The lowest BCUT2D eigenvalue weighted by molar-refractivity contribution is 0.0505. The Morgan fingerprint density at radius 3 is 2.68 bits per heavy atom. The van der Waals surface area contributed by atoms with Crippen molar-refractivity contribution >= 4 is 28.6 Å². The van der Waals surface area contributed by atoms with Gasteiger partial charge in [0.25, 0.3) is 0 Å². The molecule has 0 fully saturated rings. The van der Waals surface area contributed by atoms with Gasteiger partial charge in [0.2, 0.25) is 0 Å². The van der Waals surface area contributed by atoms with Crippen molar-refractivity contribution in [3.05, 3.63) is 29.8 Å². The van der Waals surface area contributed by atoms with Gasteiger partial charge in [-0.3, -0.25) is 5.32 Å². The summed E-state index contributed by atoms with van der Waals surface area (Å²) in [4.78, 5) is 15.8. The van der Waals surface area contributed by atoms with Gasteiger partial charge in [0, 0.05) is 0 Å². The molecule has 6 heteroatoms. The van der Waals surface area contributed by atoms with Gasteiger partial charge < -0.3 is 4.74 Å². The Kier molecular flexibility index (Phi) is 6.47. The topological polar surface area (TPSA) is 74.5 Å². The van der Waals surface area contributed by atoms with Crippen molar-refractivity contribution in [2.45, 2.75) is 13.3 Å². The van der Waals surface area contributed by atoms with Crippen LogP contribution in [0.2, 0.25) is 0 Å². The number of thioether (sulfide) groups is 1. The number of carbonyl (C=O) groups excluding carboxylic acids is 1. The molecule has 1 rings (SSSR count). The minimum Gasteiger partial charge on any atom is -0.462 e. The summed E-state index contributed by atoms with van der Waals surface area (Å²) in [5, 5.41) is 11.5. The Labute approximate surface area is 116 Å². The van der Waals surface area contributed by atoms with Crippen molar-refractivity contribution in [2.75, 3.05) is 12.9 Å². The molecule has 0 spiro atoms. The van der Waals surface area contributed by atoms with Crippen molar-refractivity contribution in [1.82, 2.24) is 5.32 Å². The molecular formula is C13H15N3O2S. The molecule has 0 amide bonds. The quantitative estimate of drug-likeness (QED) is 0.301. The first-order valence-electron chi connectivity index (χ1n) is 5.76. The number of nitriles is 1. The second-order valence-corrected chi connectivity index (χ2v) is 4.34. The first-order chi connectivity index (χ1) is 9.21. The maximum atomic E-state index is 11.6. The fourth-order valence-corrected chi connectivity index (χ4v) is 1.58. The van der Waals surface area contributed by atoms with Crippen molar-refractivity contribution < 1.29 is 9.53 Å². The highest BCUT2D eigenvalue weighted by Crippen LogP contribution is 2.15. The van der Waals surface area contributed by atoms with Crippen LogP contribution in [0.4, 0.5) is 5.69 Å². The summed E-state index contributed by atoms with van der Waals surface area (Å²) in [5.74, 6) is -0.336. The predicted octanol–water partition coefficient (Wildman–Crippen LogP) is 2.67. The maximum Gasteiger partial charge on any atom is 0.338 e. The lowest BCUT2D eigenvalue weighted by atomic mass is 10.2. The van der Waals surface area contributed by atoms with E-state index in [2.05, 4.69) is 10.3 Å². The molecule has 1 N–H and O–H groups in total. The highest BCUT2D eigenvalue weighted by Gasteiger charge is 2.06. The van der Waals surface area contributed by atoms with Crippen LogP contribution in [-0.4, -0.2) is 24.0 Å². The van der Waals surface area contributed by atoms with E-state index < -0.39 is 0 Å². The van der Waals surface area contributed by atoms with Crippen molar-refractivity contribution in [3.8, 4) is 6.19 Å². The molecule has 0 atom stereocenters. The average Bonchev–Trinajstić information content (AvgIpc) is 2.45. The van der Waals surface area contributed by atoms with Crippen LogP contribution in [-0.2, 0) is 4.74 Å². The summed E-state index contributed by atoms with van der Waals surface area (Å²) in [6.07, 6.45) is 4.43. The van der Waals surface area contributed by atoms with E-state index in [1.54, 1.807) is 24.3 Å². The van der Waals surface area contributed by atoms with Crippen LogP contribution in [0.3, 0.4) is 0 Å². The number of carbonyl (C=O) groups is 1. The maximum absolute atomic E-state index is 11.6. The number of rotatable bonds is 4. The van der Waals surface area contributed by atoms with Gasteiger partial charge in [0.1, 0.15) is 0 Å². The Balaban J connectivity index is 2.76. The fraction of sp³-hybridized carbons (Fsp3) is 0.308. The van der Waals surface area contributed by atoms with Gasteiger partial charge in [-0.15, -0.1) is 0 Å². The smallest absolute Gasteiger partial charge is 0.338 e. The molecule has 1 aromatic rings. The summed E-state index contributed by atoms with van der Waals surface area (Å²) in [7, 11) is 0. The second kappa shape index (κ2) is 8.16. The highest BCUT2D eigenvalue weighted by atomic mass is 32.2. The molecule has 0 saturated heterocycles. The first kappa shape index (κ1) is 15.1. The van der Waals surface area contributed by atoms with E-state index in [1.165, 1.54) is 11.8 Å². The van der Waals surface area contributed by atoms with Gasteiger partial charge in [0.05, 0.1) is 17.9 Å². The van der Waals surface area contributed by atoms with Crippen molar-refractivity contribution in [2.24, 2.45) is 4.99 Å². The molecule has 0 bridgehead atoms. The first-order valence-corrected chi connectivity index (χ1v) is 6.98. The number of ether oxygens (including phenoxy) is 1. The zero-order valence-electron chi connectivity index (χ0n) is 10.8. The normalized spacial score (nSPS) is 10.7. The predicted molar refractivity (Wildman–Crippen MR) is 76.4 cm³/mol. The number of hydrogen-bond acceptors (Lipinski definition) is 5. The number of hydrogen-bond donors (Lipinski definition) is 1. The fourth-order valence-electron chi connectivity index (χ4n) is 1.24. The third-order valence-electron chi connectivity index (χ3n) is 2.13. The van der Waals surface area contributed by atoms with Crippen LogP contribution in [0.5, 0.6) is 0 Å². The molecule has 0 aliphatic heterocycles. The summed E-state index contributed by atoms with van der Waals surface area (Å²) < 4.78 is 5.02. The van der Waals surface area contributed by atoms with E-state index in [9.17, 15) is 4.79 Å². The molecule has 0 aliphatic rings. The highest BCUT2D eigenvalue weighted by molar-refractivity contribution is 8.13. The number of nitrogens with zero attached hydrogens (tertiary/aromatic N) is 2. The number of amidine groups is 1. The van der Waals surface area contributed by atoms with Crippen LogP contribution in [0.25, 0.3) is 0 Å². The van der Waals surface area contributed by atoms with Crippen molar-refractivity contribution in [3.63, 3.8) is 0 Å². The number of aliphatic imine (C=N–C) groups is 1. The van der Waals surface area contributed by atoms with E-state index in [4.69, 9.17) is 10.00 Å². The Hall–Kier alpha value is -2.00. The molecule has 0 unspecified atom stereocenters. The van der Waals surface area contributed by atoms with Gasteiger partial charge >= 0.3 is 5.97 Å². The van der Waals surface area contributed by atoms with Gasteiger partial charge in [-0.1, -0.05) is 18.7 Å². The Morgan fingerprint density at radius 2 is 2.16 bits per heavy atom. The van der Waals surface area contributed by atoms with E-state index in [-0.39, 0.29) is 5.97 Å². The molecule has 1 aromatic carbocycles. The van der Waals surface area contributed by atoms with Gasteiger partial charge in [-0.25, -0.2) is 9.79 Å². The number of esters is 1.